The van der Waals surface area contributed by atoms with Crippen LogP contribution in [0, 0.1) is 11.3 Å². The SMILES string of the molecule is CCCCCCCCCCCCCCCCC(C)C(C)(C)C(C)(C)N=C(N)N. The highest BCUT2D eigenvalue weighted by molar-refractivity contribution is 5.76. The Morgan fingerprint density at radius 3 is 1.39 bits per heavy atom. The molecule has 0 aliphatic heterocycles. The molecule has 0 rings (SSSR count). The topological polar surface area (TPSA) is 64.4 Å². The maximum Gasteiger partial charge on any atom is 0.186 e. The molecule has 0 aromatic rings. The number of hydrogen-bond donors (Lipinski definition) is 2. The van der Waals surface area contributed by atoms with Crippen molar-refractivity contribution in [1.29, 1.82) is 0 Å². The van der Waals surface area contributed by atoms with E-state index in [4.69, 9.17) is 11.5 Å². The van der Waals surface area contributed by atoms with E-state index < -0.39 is 0 Å². The van der Waals surface area contributed by atoms with Crippen molar-refractivity contribution in [3.8, 4) is 0 Å². The van der Waals surface area contributed by atoms with Gasteiger partial charge in [-0.2, -0.15) is 0 Å². The van der Waals surface area contributed by atoms with E-state index >= 15 is 0 Å². The zero-order chi connectivity index (χ0) is 21.5. The highest BCUT2D eigenvalue weighted by atomic mass is 15.0. The van der Waals surface area contributed by atoms with Gasteiger partial charge >= 0.3 is 0 Å². The first-order valence-corrected chi connectivity index (χ1v) is 12.3. The number of unbranched alkanes of at least 4 members (excludes halogenated alkanes) is 13. The summed E-state index contributed by atoms with van der Waals surface area (Å²) in [6.07, 6.45) is 21.1. The van der Waals surface area contributed by atoms with Gasteiger partial charge in [-0.1, -0.05) is 124 Å². The normalized spacial score (nSPS) is 13.5. The van der Waals surface area contributed by atoms with Gasteiger partial charge in [0.15, 0.2) is 5.96 Å². The van der Waals surface area contributed by atoms with E-state index in [-0.39, 0.29) is 16.9 Å². The van der Waals surface area contributed by atoms with E-state index in [0.29, 0.717) is 5.92 Å². The Morgan fingerprint density at radius 2 is 1.04 bits per heavy atom. The Labute approximate surface area is 177 Å². The molecule has 0 aliphatic carbocycles. The monoisotopic (exact) mass is 395 g/mol. The molecule has 4 N–H and O–H groups in total. The van der Waals surface area contributed by atoms with E-state index in [1.807, 2.05) is 0 Å². The molecule has 168 valence electrons. The highest BCUT2D eigenvalue weighted by Gasteiger charge is 2.40. The molecule has 0 fully saturated rings. The zero-order valence-corrected chi connectivity index (χ0v) is 20.3. The van der Waals surface area contributed by atoms with Gasteiger partial charge in [0, 0.05) is 0 Å². The molecule has 0 saturated heterocycles. The van der Waals surface area contributed by atoms with Crippen molar-refractivity contribution in [1.82, 2.24) is 0 Å². The van der Waals surface area contributed by atoms with Gasteiger partial charge in [0.25, 0.3) is 0 Å². The van der Waals surface area contributed by atoms with Crippen LogP contribution < -0.4 is 11.5 Å². The maximum atomic E-state index is 5.63. The predicted molar refractivity (Wildman–Crippen MR) is 128 cm³/mol. The molecule has 0 spiro atoms. The number of nitrogens with two attached hydrogens (primary N) is 2. The third kappa shape index (κ3) is 12.0. The van der Waals surface area contributed by atoms with Gasteiger partial charge < -0.3 is 11.5 Å². The molecule has 0 saturated carbocycles. The lowest BCUT2D eigenvalue weighted by molar-refractivity contribution is 0.112. The van der Waals surface area contributed by atoms with Crippen LogP contribution in [0.4, 0.5) is 0 Å². The molecule has 3 heteroatoms. The first-order valence-electron chi connectivity index (χ1n) is 12.3. The van der Waals surface area contributed by atoms with Crippen LogP contribution in [-0.4, -0.2) is 11.5 Å². The van der Waals surface area contributed by atoms with Crippen LogP contribution in [0.3, 0.4) is 0 Å². The summed E-state index contributed by atoms with van der Waals surface area (Å²) >= 11 is 0. The lowest BCUT2D eigenvalue weighted by atomic mass is 9.65. The van der Waals surface area contributed by atoms with Gasteiger partial charge in [0.1, 0.15) is 0 Å². The maximum absolute atomic E-state index is 5.63. The van der Waals surface area contributed by atoms with Crippen molar-refractivity contribution < 1.29 is 0 Å². The number of aliphatic imine (C=N–C) groups is 1. The average Bonchev–Trinajstić information content (AvgIpc) is 2.60. The molecular formula is C25H53N3. The van der Waals surface area contributed by atoms with Crippen molar-refractivity contribution in [2.24, 2.45) is 27.8 Å². The van der Waals surface area contributed by atoms with Crippen LogP contribution in [0.5, 0.6) is 0 Å². The summed E-state index contributed by atoms with van der Waals surface area (Å²) in [6, 6.07) is 0. The molecule has 0 aromatic heterocycles. The molecule has 1 atom stereocenters. The van der Waals surface area contributed by atoms with E-state index in [0.717, 1.165) is 0 Å². The number of rotatable bonds is 18. The summed E-state index contributed by atoms with van der Waals surface area (Å²) in [5, 5.41) is 0. The van der Waals surface area contributed by atoms with Crippen LogP contribution in [0.25, 0.3) is 0 Å². The average molecular weight is 396 g/mol. The lowest BCUT2D eigenvalue weighted by Crippen LogP contribution is -2.44. The summed E-state index contributed by atoms with van der Waals surface area (Å²) in [5.41, 5.74) is 11.1. The van der Waals surface area contributed by atoms with Crippen molar-refractivity contribution in [2.75, 3.05) is 0 Å². The van der Waals surface area contributed by atoms with E-state index in [2.05, 4.69) is 46.5 Å². The van der Waals surface area contributed by atoms with Crippen LogP contribution in [-0.2, 0) is 0 Å². The van der Waals surface area contributed by atoms with E-state index in [1.54, 1.807) is 0 Å². The van der Waals surface area contributed by atoms with Gasteiger partial charge in [-0.3, -0.25) is 0 Å². The number of nitrogens with zero attached hydrogens (tertiary/aromatic N) is 1. The second-order valence-corrected chi connectivity index (χ2v) is 10.1. The standard InChI is InChI=1S/C25H53N3/c1-7-8-9-10-11-12-13-14-15-16-17-18-19-20-21-22(2)24(3,4)25(5,6)28-23(26)27/h22H,7-21H2,1-6H3,(H4,26,27,28). The van der Waals surface area contributed by atoms with Gasteiger partial charge in [-0.15, -0.1) is 0 Å². The third-order valence-corrected chi connectivity index (χ3v) is 7.21. The zero-order valence-electron chi connectivity index (χ0n) is 20.3. The Balaban J connectivity index is 3.69. The first-order chi connectivity index (χ1) is 13.1. The van der Waals surface area contributed by atoms with Gasteiger partial charge in [0.2, 0.25) is 0 Å². The van der Waals surface area contributed by atoms with Crippen LogP contribution in [0.1, 0.15) is 138 Å². The molecule has 0 bridgehead atoms. The van der Waals surface area contributed by atoms with Crippen molar-refractivity contribution in [3.05, 3.63) is 0 Å². The predicted octanol–water partition coefficient (Wildman–Crippen LogP) is 7.57. The van der Waals surface area contributed by atoms with Crippen LogP contribution in [0.15, 0.2) is 4.99 Å². The Kier molecular flexibility index (Phi) is 14.8. The van der Waals surface area contributed by atoms with Crippen LogP contribution >= 0.6 is 0 Å². The van der Waals surface area contributed by atoms with Gasteiger partial charge in [-0.05, 0) is 25.2 Å². The molecule has 0 aromatic carbocycles. The fraction of sp³-hybridized carbons (Fsp3) is 0.960. The summed E-state index contributed by atoms with van der Waals surface area (Å²) in [6.45, 7) is 13.5. The van der Waals surface area contributed by atoms with Gasteiger partial charge in [-0.25, -0.2) is 4.99 Å². The number of hydrogen-bond acceptors (Lipinski definition) is 1. The lowest BCUT2D eigenvalue weighted by Gasteiger charge is -2.43. The molecule has 0 amide bonds. The summed E-state index contributed by atoms with van der Waals surface area (Å²) in [5.74, 6) is 0.796. The highest BCUT2D eigenvalue weighted by Crippen LogP contribution is 2.42. The minimum absolute atomic E-state index is 0.0769. The first kappa shape index (κ1) is 27.3. The van der Waals surface area contributed by atoms with Gasteiger partial charge in [0.05, 0.1) is 5.54 Å². The summed E-state index contributed by atoms with van der Waals surface area (Å²) in [7, 11) is 0. The van der Waals surface area contributed by atoms with Crippen LogP contribution in [0.2, 0.25) is 0 Å². The smallest absolute Gasteiger partial charge is 0.186 e. The molecule has 28 heavy (non-hydrogen) atoms. The van der Waals surface area contributed by atoms with Crippen molar-refractivity contribution >= 4 is 5.96 Å². The molecule has 0 heterocycles. The summed E-state index contributed by atoms with van der Waals surface area (Å²) < 4.78 is 0. The minimum Gasteiger partial charge on any atom is -0.370 e. The third-order valence-electron chi connectivity index (χ3n) is 7.21. The van der Waals surface area contributed by atoms with Crippen molar-refractivity contribution in [2.45, 2.75) is 143 Å². The largest absolute Gasteiger partial charge is 0.370 e. The molecule has 1 unspecified atom stereocenters. The Hall–Kier alpha value is -0.730. The Morgan fingerprint density at radius 1 is 0.679 bits per heavy atom. The van der Waals surface area contributed by atoms with E-state index in [9.17, 15) is 0 Å². The molecule has 0 radical (unpaired) electrons. The second-order valence-electron chi connectivity index (χ2n) is 10.1. The fourth-order valence-electron chi connectivity index (χ4n) is 4.08. The molecule has 3 nitrogen and oxygen atoms in total. The number of guanidine groups is 1. The molecule has 0 aliphatic rings. The van der Waals surface area contributed by atoms with Crippen molar-refractivity contribution in [3.63, 3.8) is 0 Å². The quantitative estimate of drug-likeness (QED) is 0.143. The molecular weight excluding hydrogens is 342 g/mol. The summed E-state index contributed by atoms with van der Waals surface area (Å²) in [4.78, 5) is 4.49. The van der Waals surface area contributed by atoms with E-state index in [1.165, 1.54) is 96.3 Å². The Bertz CT molecular complexity index is 395. The fourth-order valence-corrected chi connectivity index (χ4v) is 4.08. The second kappa shape index (κ2) is 15.2. The minimum atomic E-state index is -0.235.